The van der Waals surface area contributed by atoms with Crippen LogP contribution in [-0.4, -0.2) is 42.3 Å². The highest BCUT2D eigenvalue weighted by Gasteiger charge is 2.29. The minimum absolute atomic E-state index is 0.0161. The van der Waals surface area contributed by atoms with E-state index in [0.717, 1.165) is 22.3 Å². The number of carbonyl (C=O) groups excluding carboxylic acids is 2. The molecule has 176 valence electrons. The molecule has 0 bridgehead atoms. The summed E-state index contributed by atoms with van der Waals surface area (Å²) in [5.74, 6) is -1.75. The molecule has 0 aliphatic heterocycles. The van der Waals surface area contributed by atoms with E-state index in [9.17, 15) is 14.4 Å². The van der Waals surface area contributed by atoms with Crippen LogP contribution in [-0.2, 0) is 14.3 Å². The van der Waals surface area contributed by atoms with E-state index in [0.29, 0.717) is 6.42 Å². The second kappa shape index (κ2) is 11.0. The van der Waals surface area contributed by atoms with Crippen LogP contribution in [0.3, 0.4) is 0 Å². The molecule has 3 N–H and O–H groups in total. The van der Waals surface area contributed by atoms with Crippen molar-refractivity contribution in [2.24, 2.45) is 11.8 Å². The van der Waals surface area contributed by atoms with Crippen molar-refractivity contribution in [1.82, 2.24) is 10.6 Å². The zero-order valence-corrected chi connectivity index (χ0v) is 19.3. The average Bonchev–Trinajstić information content (AvgIpc) is 3.11. The maximum atomic E-state index is 12.6. The normalized spacial score (nSPS) is 14.2. The molecule has 1 aliphatic rings. The summed E-state index contributed by atoms with van der Waals surface area (Å²) < 4.78 is 5.53. The van der Waals surface area contributed by atoms with E-state index in [1.807, 2.05) is 45.0 Å². The van der Waals surface area contributed by atoms with Gasteiger partial charge in [0.15, 0.2) is 0 Å². The molecule has 2 amide bonds. The number of carboxylic acids is 1. The van der Waals surface area contributed by atoms with E-state index in [2.05, 4.69) is 34.9 Å². The number of carboxylic acid groups (broad SMARTS) is 1. The van der Waals surface area contributed by atoms with Crippen molar-refractivity contribution in [2.75, 3.05) is 13.2 Å². The van der Waals surface area contributed by atoms with Crippen LogP contribution in [0.15, 0.2) is 48.5 Å². The van der Waals surface area contributed by atoms with Crippen LogP contribution in [0, 0.1) is 11.8 Å². The highest BCUT2D eigenvalue weighted by atomic mass is 16.5. The SMILES string of the molecule is CCC(CNC(=O)OCC1c2ccccc2-c2ccccc21)C(=O)N[C@H](CC(=O)O)C(C)C. The Bertz CT molecular complexity index is 958. The predicted molar refractivity (Wildman–Crippen MR) is 126 cm³/mol. The average molecular weight is 453 g/mol. The van der Waals surface area contributed by atoms with Gasteiger partial charge in [0.2, 0.25) is 5.91 Å². The smallest absolute Gasteiger partial charge is 0.407 e. The van der Waals surface area contributed by atoms with Gasteiger partial charge in [-0.2, -0.15) is 0 Å². The molecular formula is C26H32N2O5. The molecule has 0 spiro atoms. The third kappa shape index (κ3) is 5.92. The summed E-state index contributed by atoms with van der Waals surface area (Å²) in [7, 11) is 0. The number of amides is 2. The summed E-state index contributed by atoms with van der Waals surface area (Å²) >= 11 is 0. The maximum absolute atomic E-state index is 12.6. The molecule has 0 heterocycles. The molecule has 0 aromatic heterocycles. The Morgan fingerprint density at radius 1 is 1.00 bits per heavy atom. The van der Waals surface area contributed by atoms with E-state index in [1.54, 1.807) is 0 Å². The van der Waals surface area contributed by atoms with Gasteiger partial charge < -0.3 is 20.5 Å². The summed E-state index contributed by atoms with van der Waals surface area (Å²) in [5, 5.41) is 14.6. The van der Waals surface area contributed by atoms with Crippen molar-refractivity contribution in [2.45, 2.75) is 45.6 Å². The Morgan fingerprint density at radius 2 is 1.58 bits per heavy atom. The van der Waals surface area contributed by atoms with Gasteiger partial charge in [-0.25, -0.2) is 4.79 Å². The lowest BCUT2D eigenvalue weighted by molar-refractivity contribution is -0.138. The third-order valence-corrected chi connectivity index (χ3v) is 6.23. The van der Waals surface area contributed by atoms with Gasteiger partial charge in [0.25, 0.3) is 0 Å². The van der Waals surface area contributed by atoms with Gasteiger partial charge >= 0.3 is 12.1 Å². The Labute approximate surface area is 194 Å². The van der Waals surface area contributed by atoms with E-state index in [4.69, 9.17) is 9.84 Å². The van der Waals surface area contributed by atoms with Crippen molar-refractivity contribution in [3.8, 4) is 11.1 Å². The zero-order chi connectivity index (χ0) is 24.0. The van der Waals surface area contributed by atoms with Crippen LogP contribution in [0.2, 0.25) is 0 Å². The quantitative estimate of drug-likeness (QED) is 0.502. The van der Waals surface area contributed by atoms with E-state index < -0.39 is 24.0 Å². The fourth-order valence-electron chi connectivity index (χ4n) is 4.22. The fourth-order valence-corrected chi connectivity index (χ4v) is 4.22. The number of hydrogen-bond donors (Lipinski definition) is 3. The lowest BCUT2D eigenvalue weighted by atomic mass is 9.98. The van der Waals surface area contributed by atoms with E-state index in [1.165, 1.54) is 0 Å². The minimum Gasteiger partial charge on any atom is -0.481 e. The van der Waals surface area contributed by atoms with Crippen LogP contribution >= 0.6 is 0 Å². The predicted octanol–water partition coefficient (Wildman–Crippen LogP) is 4.17. The molecule has 2 aromatic carbocycles. The van der Waals surface area contributed by atoms with Crippen LogP contribution in [0.4, 0.5) is 4.79 Å². The van der Waals surface area contributed by atoms with Gasteiger partial charge in [0.05, 0.1) is 12.3 Å². The van der Waals surface area contributed by atoms with Crippen molar-refractivity contribution in [1.29, 1.82) is 0 Å². The summed E-state index contributed by atoms with van der Waals surface area (Å²) in [5.41, 5.74) is 4.59. The number of ether oxygens (including phenoxy) is 1. The highest BCUT2D eigenvalue weighted by Crippen LogP contribution is 2.44. The van der Waals surface area contributed by atoms with Crippen molar-refractivity contribution < 1.29 is 24.2 Å². The largest absolute Gasteiger partial charge is 0.481 e. The molecule has 2 atom stereocenters. The van der Waals surface area contributed by atoms with Gasteiger partial charge in [-0.3, -0.25) is 9.59 Å². The van der Waals surface area contributed by atoms with Crippen LogP contribution < -0.4 is 10.6 Å². The summed E-state index contributed by atoms with van der Waals surface area (Å²) in [6.45, 7) is 5.91. The summed E-state index contributed by atoms with van der Waals surface area (Å²) in [6.07, 6.45) is -0.207. The van der Waals surface area contributed by atoms with Gasteiger partial charge in [0, 0.05) is 18.5 Å². The second-order valence-corrected chi connectivity index (χ2v) is 8.77. The van der Waals surface area contributed by atoms with E-state index >= 15 is 0 Å². The number of alkyl carbamates (subject to hydrolysis) is 1. The van der Waals surface area contributed by atoms with Crippen LogP contribution in [0.25, 0.3) is 11.1 Å². The minimum atomic E-state index is -0.959. The van der Waals surface area contributed by atoms with Gasteiger partial charge in [-0.15, -0.1) is 0 Å². The Morgan fingerprint density at radius 3 is 2.09 bits per heavy atom. The molecule has 1 aliphatic carbocycles. The van der Waals surface area contributed by atoms with Crippen LogP contribution in [0.1, 0.15) is 50.7 Å². The molecule has 0 radical (unpaired) electrons. The van der Waals surface area contributed by atoms with E-state index in [-0.39, 0.29) is 37.3 Å². The molecule has 7 heteroatoms. The standard InChI is InChI=1S/C26H32N2O5/c1-4-17(25(31)28-23(16(2)3)13-24(29)30)14-27-26(32)33-15-22-20-11-7-5-9-18(20)19-10-6-8-12-21(19)22/h5-12,16-17,22-23H,4,13-15H2,1-3H3,(H,27,32)(H,28,31)(H,29,30)/t17?,23-/m1/s1. The molecule has 0 saturated heterocycles. The van der Waals surface area contributed by atoms with Crippen LogP contribution in [0.5, 0.6) is 0 Å². The first-order valence-corrected chi connectivity index (χ1v) is 11.4. The first-order chi connectivity index (χ1) is 15.8. The number of hydrogen-bond acceptors (Lipinski definition) is 4. The first-order valence-electron chi connectivity index (χ1n) is 11.4. The molecule has 0 fully saturated rings. The number of rotatable bonds is 10. The number of fused-ring (bicyclic) bond motifs is 3. The lowest BCUT2D eigenvalue weighted by Gasteiger charge is -2.24. The van der Waals surface area contributed by atoms with Crippen molar-refractivity contribution in [3.05, 3.63) is 59.7 Å². The number of benzene rings is 2. The lowest BCUT2D eigenvalue weighted by Crippen LogP contribution is -2.45. The Balaban J connectivity index is 1.54. The monoisotopic (exact) mass is 452 g/mol. The van der Waals surface area contributed by atoms with Gasteiger partial charge in [-0.1, -0.05) is 69.3 Å². The maximum Gasteiger partial charge on any atom is 0.407 e. The third-order valence-electron chi connectivity index (χ3n) is 6.23. The zero-order valence-electron chi connectivity index (χ0n) is 19.3. The first kappa shape index (κ1) is 24.3. The molecule has 7 nitrogen and oxygen atoms in total. The molecule has 2 aromatic rings. The van der Waals surface area contributed by atoms with Crippen molar-refractivity contribution >= 4 is 18.0 Å². The highest BCUT2D eigenvalue weighted by molar-refractivity contribution is 5.81. The summed E-state index contributed by atoms with van der Waals surface area (Å²) in [6, 6.07) is 15.8. The molecule has 3 rings (SSSR count). The van der Waals surface area contributed by atoms with Gasteiger partial charge in [-0.05, 0) is 34.6 Å². The molecule has 0 saturated carbocycles. The molecule has 33 heavy (non-hydrogen) atoms. The molecule has 1 unspecified atom stereocenters. The molecular weight excluding hydrogens is 420 g/mol. The second-order valence-electron chi connectivity index (χ2n) is 8.77. The fraction of sp³-hybridized carbons (Fsp3) is 0.423. The Kier molecular flexibility index (Phi) is 8.09. The topological polar surface area (TPSA) is 105 Å². The van der Waals surface area contributed by atoms with Gasteiger partial charge in [0.1, 0.15) is 6.61 Å². The Hall–Kier alpha value is -3.35. The number of carbonyl (C=O) groups is 3. The number of nitrogens with one attached hydrogen (secondary N) is 2. The summed E-state index contributed by atoms with van der Waals surface area (Å²) in [4.78, 5) is 36.1. The number of aliphatic carboxylic acids is 1. The van der Waals surface area contributed by atoms with Crippen molar-refractivity contribution in [3.63, 3.8) is 0 Å².